The van der Waals surface area contributed by atoms with Crippen LogP contribution in [0.25, 0.3) is 0 Å². The van der Waals surface area contributed by atoms with Crippen molar-refractivity contribution < 1.29 is 5.11 Å². The summed E-state index contributed by atoms with van der Waals surface area (Å²) in [4.78, 5) is 5.36. The molecular weight excluding hydrogens is 342 g/mol. The standard InChI is InChI=1S/C18H22ClN3OS/c1-2-20-18(21-11-15(23)16-8-9-17(19)24-16)22-14-10-13(14)12-6-4-3-5-7-12/h3-9,13-15,23H,2,10-11H2,1H3,(H2,20,21,22). The van der Waals surface area contributed by atoms with Gasteiger partial charge < -0.3 is 15.7 Å². The number of hydrogen-bond donors (Lipinski definition) is 3. The van der Waals surface area contributed by atoms with Gasteiger partial charge in [-0.05, 0) is 31.0 Å². The van der Waals surface area contributed by atoms with Gasteiger partial charge in [-0.2, -0.15) is 0 Å². The molecule has 1 saturated carbocycles. The lowest BCUT2D eigenvalue weighted by Crippen LogP contribution is -2.39. The summed E-state index contributed by atoms with van der Waals surface area (Å²) < 4.78 is 0.682. The number of hydrogen-bond acceptors (Lipinski definition) is 3. The van der Waals surface area contributed by atoms with E-state index in [1.54, 1.807) is 6.07 Å². The summed E-state index contributed by atoms with van der Waals surface area (Å²) >= 11 is 7.31. The second-order valence-corrected chi connectivity index (χ2v) is 7.63. The molecule has 6 heteroatoms. The Morgan fingerprint density at radius 3 is 2.79 bits per heavy atom. The fourth-order valence-corrected chi connectivity index (χ4v) is 3.73. The van der Waals surface area contributed by atoms with E-state index >= 15 is 0 Å². The van der Waals surface area contributed by atoms with Gasteiger partial charge in [-0.3, -0.25) is 4.99 Å². The van der Waals surface area contributed by atoms with Gasteiger partial charge in [0.25, 0.3) is 0 Å². The van der Waals surface area contributed by atoms with E-state index in [1.165, 1.54) is 16.9 Å². The molecule has 0 spiro atoms. The number of benzene rings is 1. The van der Waals surface area contributed by atoms with Gasteiger partial charge in [-0.25, -0.2) is 0 Å². The minimum absolute atomic E-state index is 0.314. The van der Waals surface area contributed by atoms with Crippen LogP contribution < -0.4 is 10.6 Å². The maximum Gasteiger partial charge on any atom is 0.191 e. The zero-order chi connectivity index (χ0) is 16.9. The van der Waals surface area contributed by atoms with Gasteiger partial charge in [0.15, 0.2) is 5.96 Å². The number of nitrogens with one attached hydrogen (secondary N) is 2. The molecule has 3 N–H and O–H groups in total. The van der Waals surface area contributed by atoms with Gasteiger partial charge in [0, 0.05) is 23.4 Å². The van der Waals surface area contributed by atoms with Crippen LogP contribution in [0.2, 0.25) is 4.34 Å². The molecule has 1 aliphatic carbocycles. The maximum absolute atomic E-state index is 10.2. The van der Waals surface area contributed by atoms with Crippen LogP contribution in [0.4, 0.5) is 0 Å². The molecule has 1 heterocycles. The quantitative estimate of drug-likeness (QED) is 0.543. The van der Waals surface area contributed by atoms with E-state index in [9.17, 15) is 5.11 Å². The van der Waals surface area contributed by atoms with Gasteiger partial charge in [-0.1, -0.05) is 41.9 Å². The van der Waals surface area contributed by atoms with Crippen LogP contribution in [-0.2, 0) is 0 Å². The molecule has 0 bridgehead atoms. The molecule has 3 atom stereocenters. The zero-order valence-electron chi connectivity index (χ0n) is 13.6. The Balaban J connectivity index is 1.57. The third-order valence-electron chi connectivity index (χ3n) is 4.03. The van der Waals surface area contributed by atoms with Crippen molar-refractivity contribution in [3.63, 3.8) is 0 Å². The normalized spacial score (nSPS) is 21.4. The van der Waals surface area contributed by atoms with E-state index in [0.717, 1.165) is 23.8 Å². The SMILES string of the molecule is CCNC(=NCC(O)c1ccc(Cl)s1)NC1CC1c1ccccc1. The topological polar surface area (TPSA) is 56.7 Å². The van der Waals surface area contributed by atoms with Gasteiger partial charge >= 0.3 is 0 Å². The average Bonchev–Trinajstić information content (AvgIpc) is 3.23. The summed E-state index contributed by atoms with van der Waals surface area (Å²) in [5.41, 5.74) is 1.36. The molecule has 1 aromatic heterocycles. The molecule has 1 fully saturated rings. The van der Waals surface area contributed by atoms with Gasteiger partial charge in [0.05, 0.1) is 10.9 Å². The van der Waals surface area contributed by atoms with Gasteiger partial charge in [0.2, 0.25) is 0 Å². The first-order valence-electron chi connectivity index (χ1n) is 8.20. The third kappa shape index (κ3) is 4.50. The molecule has 3 unspecified atom stereocenters. The summed E-state index contributed by atoms with van der Waals surface area (Å²) in [6, 6.07) is 14.6. The van der Waals surface area contributed by atoms with E-state index < -0.39 is 6.10 Å². The Labute approximate surface area is 151 Å². The number of rotatable bonds is 6. The number of aliphatic hydroxyl groups excluding tert-OH is 1. The van der Waals surface area contributed by atoms with Crippen molar-refractivity contribution in [2.45, 2.75) is 31.4 Å². The molecule has 128 valence electrons. The van der Waals surface area contributed by atoms with Crippen molar-refractivity contribution in [1.29, 1.82) is 0 Å². The van der Waals surface area contributed by atoms with E-state index in [4.69, 9.17) is 11.6 Å². The Morgan fingerprint density at radius 2 is 2.12 bits per heavy atom. The molecule has 1 aromatic carbocycles. The molecule has 3 rings (SSSR count). The molecule has 0 aliphatic heterocycles. The van der Waals surface area contributed by atoms with Crippen LogP contribution in [0, 0.1) is 0 Å². The van der Waals surface area contributed by atoms with Gasteiger partial charge in [-0.15, -0.1) is 11.3 Å². The molecule has 1 aliphatic rings. The number of aliphatic hydroxyl groups is 1. The molecule has 0 amide bonds. The molecule has 0 saturated heterocycles. The number of aliphatic imine (C=N–C) groups is 1. The largest absolute Gasteiger partial charge is 0.386 e. The third-order valence-corrected chi connectivity index (χ3v) is 5.36. The molecular formula is C18H22ClN3OS. The highest BCUT2D eigenvalue weighted by molar-refractivity contribution is 7.16. The molecule has 4 nitrogen and oxygen atoms in total. The second-order valence-electron chi connectivity index (χ2n) is 5.88. The number of thiophene rings is 1. The fraction of sp³-hybridized carbons (Fsp3) is 0.389. The highest BCUT2D eigenvalue weighted by Gasteiger charge is 2.38. The van der Waals surface area contributed by atoms with Crippen molar-refractivity contribution in [3.8, 4) is 0 Å². The summed E-state index contributed by atoms with van der Waals surface area (Å²) in [5.74, 6) is 1.29. The van der Waals surface area contributed by atoms with Crippen LogP contribution >= 0.6 is 22.9 Å². The Hall–Kier alpha value is -1.56. The summed E-state index contributed by atoms with van der Waals surface area (Å²) in [5, 5.41) is 16.9. The van der Waals surface area contributed by atoms with Crippen LogP contribution in [0.5, 0.6) is 0 Å². The minimum atomic E-state index is -0.623. The number of nitrogens with zero attached hydrogens (tertiary/aromatic N) is 1. The van der Waals surface area contributed by atoms with Crippen LogP contribution in [0.15, 0.2) is 47.5 Å². The average molecular weight is 364 g/mol. The number of guanidine groups is 1. The Bertz CT molecular complexity index is 689. The summed E-state index contributed by atoms with van der Waals surface area (Å²) in [6.07, 6.45) is 0.486. The van der Waals surface area contributed by atoms with Crippen molar-refractivity contribution in [1.82, 2.24) is 10.6 Å². The maximum atomic E-state index is 10.2. The predicted octanol–water partition coefficient (Wildman–Crippen LogP) is 3.55. The molecule has 2 aromatic rings. The predicted molar refractivity (Wildman–Crippen MR) is 101 cm³/mol. The lowest BCUT2D eigenvalue weighted by atomic mass is 10.1. The Morgan fingerprint density at radius 1 is 1.33 bits per heavy atom. The second kappa shape index (κ2) is 8.01. The first kappa shape index (κ1) is 17.3. The lowest BCUT2D eigenvalue weighted by Gasteiger charge is -2.12. The highest BCUT2D eigenvalue weighted by Crippen LogP contribution is 2.40. The van der Waals surface area contributed by atoms with Crippen molar-refractivity contribution in [3.05, 3.63) is 57.2 Å². The summed E-state index contributed by atoms with van der Waals surface area (Å²) in [6.45, 7) is 3.14. The summed E-state index contributed by atoms with van der Waals surface area (Å²) in [7, 11) is 0. The zero-order valence-corrected chi connectivity index (χ0v) is 15.1. The highest BCUT2D eigenvalue weighted by atomic mass is 35.5. The van der Waals surface area contributed by atoms with Crippen LogP contribution in [-0.4, -0.2) is 30.2 Å². The Kier molecular flexibility index (Phi) is 5.76. The first-order chi connectivity index (χ1) is 11.7. The van der Waals surface area contributed by atoms with Crippen molar-refractivity contribution in [2.75, 3.05) is 13.1 Å². The van der Waals surface area contributed by atoms with Crippen molar-refractivity contribution in [2.24, 2.45) is 4.99 Å². The fourth-order valence-electron chi connectivity index (χ4n) is 2.69. The van der Waals surface area contributed by atoms with E-state index in [1.807, 2.05) is 19.1 Å². The molecule has 0 radical (unpaired) electrons. The minimum Gasteiger partial charge on any atom is -0.386 e. The monoisotopic (exact) mass is 363 g/mol. The first-order valence-corrected chi connectivity index (χ1v) is 9.40. The van der Waals surface area contributed by atoms with E-state index in [2.05, 4.69) is 39.9 Å². The van der Waals surface area contributed by atoms with Crippen molar-refractivity contribution >= 4 is 28.9 Å². The molecule has 24 heavy (non-hydrogen) atoms. The van der Waals surface area contributed by atoms with Crippen LogP contribution in [0.1, 0.15) is 35.8 Å². The van der Waals surface area contributed by atoms with E-state index in [0.29, 0.717) is 22.8 Å². The van der Waals surface area contributed by atoms with Gasteiger partial charge in [0.1, 0.15) is 6.10 Å². The van der Waals surface area contributed by atoms with E-state index in [-0.39, 0.29) is 0 Å². The smallest absolute Gasteiger partial charge is 0.191 e. The number of halogens is 1. The van der Waals surface area contributed by atoms with Crippen LogP contribution in [0.3, 0.4) is 0 Å². The lowest BCUT2D eigenvalue weighted by molar-refractivity contribution is 0.191.